The maximum absolute atomic E-state index is 11.3. The van der Waals surface area contributed by atoms with Crippen molar-refractivity contribution >= 4 is 23.9 Å². The first-order chi connectivity index (χ1) is 11.1. The Morgan fingerprint density at radius 1 is 0.917 bits per heavy atom. The predicted molar refractivity (Wildman–Crippen MR) is 74.2 cm³/mol. The minimum atomic E-state index is -1.61. The van der Waals surface area contributed by atoms with E-state index in [1.807, 2.05) is 0 Å². The SMILES string of the molecule is CC(=O)OC[C@@H](OC(C)=O)[C@H]1O[C@H](O)[C@H](OC(C)=O)[C@H]1OC(C)=O. The number of aliphatic hydroxyl groups is 1. The fourth-order valence-corrected chi connectivity index (χ4v) is 2.22. The molecule has 24 heavy (non-hydrogen) atoms. The third-order valence-corrected chi connectivity index (χ3v) is 2.96. The van der Waals surface area contributed by atoms with Gasteiger partial charge in [0.1, 0.15) is 12.7 Å². The van der Waals surface area contributed by atoms with Gasteiger partial charge in [-0.05, 0) is 0 Å². The lowest BCUT2D eigenvalue weighted by atomic mass is 10.1. The highest BCUT2D eigenvalue weighted by Crippen LogP contribution is 2.29. The standard InChI is InChI=1S/C14H20O10/c1-6(15)20-5-10(21-7(2)16)11-12(22-8(3)17)13(14(19)24-11)23-9(4)18/h10-14,19H,5H2,1-4H3/t10-,11-,12+,13-,14+/m1/s1. The van der Waals surface area contributed by atoms with Crippen molar-refractivity contribution < 1.29 is 48.0 Å². The van der Waals surface area contributed by atoms with Gasteiger partial charge in [0.2, 0.25) is 0 Å². The molecule has 0 unspecified atom stereocenters. The van der Waals surface area contributed by atoms with Gasteiger partial charge < -0.3 is 28.8 Å². The number of hydrogen-bond acceptors (Lipinski definition) is 10. The number of aliphatic hydroxyl groups excluding tert-OH is 1. The molecule has 0 radical (unpaired) electrons. The minimum Gasteiger partial charge on any atom is -0.462 e. The van der Waals surface area contributed by atoms with Crippen LogP contribution in [-0.4, -0.2) is 66.3 Å². The van der Waals surface area contributed by atoms with Crippen LogP contribution in [0.15, 0.2) is 0 Å². The average molecular weight is 348 g/mol. The van der Waals surface area contributed by atoms with Crippen LogP contribution in [0.4, 0.5) is 0 Å². The summed E-state index contributed by atoms with van der Waals surface area (Å²) >= 11 is 0. The highest BCUT2D eigenvalue weighted by molar-refractivity contribution is 5.68. The second-order valence-electron chi connectivity index (χ2n) is 5.09. The van der Waals surface area contributed by atoms with E-state index in [0.717, 1.165) is 27.7 Å². The number of carbonyl (C=O) groups is 4. The molecule has 1 rings (SSSR count). The lowest BCUT2D eigenvalue weighted by molar-refractivity contribution is -0.184. The van der Waals surface area contributed by atoms with Crippen molar-refractivity contribution in [2.45, 2.75) is 58.4 Å². The highest BCUT2D eigenvalue weighted by atomic mass is 16.7. The molecule has 0 aliphatic carbocycles. The maximum Gasteiger partial charge on any atom is 0.303 e. The molecular formula is C14H20O10. The van der Waals surface area contributed by atoms with Crippen molar-refractivity contribution in [2.24, 2.45) is 0 Å². The van der Waals surface area contributed by atoms with E-state index in [2.05, 4.69) is 0 Å². The Labute approximate surface area is 137 Å². The van der Waals surface area contributed by atoms with Crippen LogP contribution in [0.2, 0.25) is 0 Å². The Balaban J connectivity index is 3.03. The molecular weight excluding hydrogens is 328 g/mol. The number of ether oxygens (including phenoxy) is 5. The van der Waals surface area contributed by atoms with Crippen LogP contribution in [0.1, 0.15) is 27.7 Å². The van der Waals surface area contributed by atoms with Crippen LogP contribution >= 0.6 is 0 Å². The number of carbonyl (C=O) groups excluding carboxylic acids is 4. The Kier molecular flexibility index (Phi) is 7.11. The quantitative estimate of drug-likeness (QED) is 0.473. The first-order valence-corrected chi connectivity index (χ1v) is 7.10. The van der Waals surface area contributed by atoms with Crippen LogP contribution in [0.3, 0.4) is 0 Å². The Bertz CT molecular complexity index is 502. The van der Waals surface area contributed by atoms with Crippen LogP contribution in [0.25, 0.3) is 0 Å². The van der Waals surface area contributed by atoms with Gasteiger partial charge in [-0.3, -0.25) is 19.2 Å². The second kappa shape index (κ2) is 8.60. The van der Waals surface area contributed by atoms with E-state index in [4.69, 9.17) is 23.7 Å². The maximum atomic E-state index is 11.3. The van der Waals surface area contributed by atoms with E-state index in [0.29, 0.717) is 0 Å². The highest BCUT2D eigenvalue weighted by Gasteiger charge is 2.52. The molecule has 10 heteroatoms. The fourth-order valence-electron chi connectivity index (χ4n) is 2.22. The Morgan fingerprint density at radius 2 is 1.46 bits per heavy atom. The number of hydrogen-bond donors (Lipinski definition) is 1. The van der Waals surface area contributed by atoms with Crippen LogP contribution in [-0.2, 0) is 42.9 Å². The summed E-state index contributed by atoms with van der Waals surface area (Å²) in [6.45, 7) is 4.10. The Morgan fingerprint density at radius 3 is 1.92 bits per heavy atom. The molecule has 10 nitrogen and oxygen atoms in total. The third kappa shape index (κ3) is 5.78. The summed E-state index contributed by atoms with van der Waals surface area (Å²) in [7, 11) is 0. The van der Waals surface area contributed by atoms with Crippen molar-refractivity contribution in [1.29, 1.82) is 0 Å². The summed E-state index contributed by atoms with van der Waals surface area (Å²) in [6.07, 6.45) is -6.55. The van der Waals surface area contributed by atoms with Crippen molar-refractivity contribution in [2.75, 3.05) is 6.61 Å². The molecule has 5 atom stereocenters. The molecule has 1 aliphatic rings. The van der Waals surface area contributed by atoms with E-state index in [-0.39, 0.29) is 0 Å². The summed E-state index contributed by atoms with van der Waals surface area (Å²) in [5.41, 5.74) is 0. The molecule has 1 heterocycles. The van der Waals surface area contributed by atoms with Gasteiger partial charge in [-0.25, -0.2) is 0 Å². The van der Waals surface area contributed by atoms with Crippen molar-refractivity contribution in [1.82, 2.24) is 0 Å². The van der Waals surface area contributed by atoms with Gasteiger partial charge in [0.15, 0.2) is 24.6 Å². The smallest absolute Gasteiger partial charge is 0.303 e. The summed E-state index contributed by atoms with van der Waals surface area (Å²) in [4.78, 5) is 44.7. The third-order valence-electron chi connectivity index (χ3n) is 2.96. The van der Waals surface area contributed by atoms with Crippen LogP contribution in [0.5, 0.6) is 0 Å². The number of rotatable bonds is 6. The number of esters is 4. The average Bonchev–Trinajstić information content (AvgIpc) is 2.70. The summed E-state index contributed by atoms with van der Waals surface area (Å²) in [6, 6.07) is 0. The van der Waals surface area contributed by atoms with Gasteiger partial charge in [0.05, 0.1) is 0 Å². The van der Waals surface area contributed by atoms with Crippen molar-refractivity contribution in [3.8, 4) is 0 Å². The van der Waals surface area contributed by atoms with Gasteiger partial charge in [-0.1, -0.05) is 0 Å². The van der Waals surface area contributed by atoms with E-state index in [1.54, 1.807) is 0 Å². The molecule has 1 saturated heterocycles. The minimum absolute atomic E-state index is 0.392. The van der Waals surface area contributed by atoms with Crippen LogP contribution < -0.4 is 0 Å². The van der Waals surface area contributed by atoms with Gasteiger partial charge in [0.25, 0.3) is 0 Å². The van der Waals surface area contributed by atoms with Gasteiger partial charge >= 0.3 is 23.9 Å². The fraction of sp³-hybridized carbons (Fsp3) is 0.714. The van der Waals surface area contributed by atoms with Crippen molar-refractivity contribution in [3.63, 3.8) is 0 Å². The van der Waals surface area contributed by atoms with E-state index >= 15 is 0 Å². The van der Waals surface area contributed by atoms with Gasteiger partial charge in [-0.2, -0.15) is 0 Å². The molecule has 0 amide bonds. The summed E-state index contributed by atoms with van der Waals surface area (Å²) < 4.78 is 25.0. The van der Waals surface area contributed by atoms with Crippen LogP contribution in [0, 0.1) is 0 Å². The lowest BCUT2D eigenvalue weighted by Gasteiger charge is -2.27. The zero-order valence-corrected chi connectivity index (χ0v) is 13.7. The van der Waals surface area contributed by atoms with E-state index in [9.17, 15) is 24.3 Å². The Hall–Kier alpha value is -2.20. The largest absolute Gasteiger partial charge is 0.462 e. The normalized spacial score (nSPS) is 27.0. The molecule has 136 valence electrons. The first kappa shape index (κ1) is 19.8. The zero-order chi connectivity index (χ0) is 18.4. The lowest BCUT2D eigenvalue weighted by Crippen LogP contribution is -2.46. The summed E-state index contributed by atoms with van der Waals surface area (Å²) in [5, 5.41) is 9.91. The molecule has 0 aromatic rings. The predicted octanol–water partition coefficient (Wildman–Crippen LogP) is -0.938. The molecule has 1 aliphatic heterocycles. The molecule has 1 fully saturated rings. The topological polar surface area (TPSA) is 135 Å². The molecule has 1 N–H and O–H groups in total. The molecule has 0 saturated carbocycles. The van der Waals surface area contributed by atoms with Gasteiger partial charge in [0, 0.05) is 27.7 Å². The monoisotopic (exact) mass is 348 g/mol. The summed E-state index contributed by atoms with van der Waals surface area (Å²) in [5.74, 6) is -2.80. The molecule has 0 aromatic heterocycles. The van der Waals surface area contributed by atoms with E-state index < -0.39 is 61.2 Å². The molecule has 0 aromatic carbocycles. The second-order valence-corrected chi connectivity index (χ2v) is 5.09. The first-order valence-electron chi connectivity index (χ1n) is 7.10. The van der Waals surface area contributed by atoms with Gasteiger partial charge in [-0.15, -0.1) is 0 Å². The van der Waals surface area contributed by atoms with Crippen molar-refractivity contribution in [3.05, 3.63) is 0 Å². The molecule has 0 bridgehead atoms. The van der Waals surface area contributed by atoms with E-state index in [1.165, 1.54) is 0 Å². The zero-order valence-electron chi connectivity index (χ0n) is 13.7. The molecule has 0 spiro atoms.